The topological polar surface area (TPSA) is 69.1 Å². The molecular formula is C18H27N2O4+. The van der Waals surface area contributed by atoms with Gasteiger partial charge >= 0.3 is 5.97 Å². The predicted octanol–water partition coefficient (Wildman–Crippen LogP) is 0.882. The number of carbonyl (C=O) groups excluding carboxylic acids is 2. The number of esters is 1. The predicted molar refractivity (Wildman–Crippen MR) is 91.2 cm³/mol. The zero-order valence-corrected chi connectivity index (χ0v) is 14.5. The van der Waals surface area contributed by atoms with E-state index in [9.17, 15) is 9.59 Å². The van der Waals surface area contributed by atoms with Crippen molar-refractivity contribution in [3.8, 4) is 5.75 Å². The number of hydrogen-bond acceptors (Lipinski definition) is 4. The van der Waals surface area contributed by atoms with Crippen molar-refractivity contribution in [3.05, 3.63) is 24.3 Å². The second-order valence-corrected chi connectivity index (χ2v) is 6.04. The van der Waals surface area contributed by atoms with Crippen LogP contribution in [0.3, 0.4) is 0 Å². The van der Waals surface area contributed by atoms with Crippen molar-refractivity contribution < 1.29 is 24.0 Å². The summed E-state index contributed by atoms with van der Waals surface area (Å²) in [5, 5.41) is 2.89. The quantitative estimate of drug-likeness (QED) is 0.726. The zero-order chi connectivity index (χ0) is 17.4. The van der Waals surface area contributed by atoms with Crippen molar-refractivity contribution in [1.82, 2.24) is 0 Å². The largest absolute Gasteiger partial charge is 0.495 e. The number of rotatable bonds is 7. The molecule has 0 radical (unpaired) electrons. The molecule has 2 rings (SSSR count). The van der Waals surface area contributed by atoms with Gasteiger partial charge < -0.3 is 19.7 Å². The van der Waals surface area contributed by atoms with Crippen LogP contribution in [0.2, 0.25) is 0 Å². The molecule has 1 unspecified atom stereocenters. The van der Waals surface area contributed by atoms with Crippen molar-refractivity contribution in [1.29, 1.82) is 0 Å². The molecule has 2 atom stereocenters. The molecule has 132 valence electrons. The maximum atomic E-state index is 12.2. The van der Waals surface area contributed by atoms with Crippen LogP contribution in [-0.2, 0) is 14.3 Å². The molecule has 1 heterocycles. The number of anilines is 1. The molecule has 1 saturated heterocycles. The summed E-state index contributed by atoms with van der Waals surface area (Å²) in [4.78, 5) is 25.3. The molecular weight excluding hydrogens is 308 g/mol. The van der Waals surface area contributed by atoms with Crippen molar-refractivity contribution in [2.24, 2.45) is 5.92 Å². The minimum absolute atomic E-state index is 0.0361. The van der Waals surface area contributed by atoms with Gasteiger partial charge in [-0.25, -0.2) is 0 Å². The van der Waals surface area contributed by atoms with E-state index in [1.807, 2.05) is 31.2 Å². The van der Waals surface area contributed by atoms with Gasteiger partial charge in [0.2, 0.25) is 5.91 Å². The number of amides is 1. The number of piperidine rings is 1. The fraction of sp³-hybridized carbons (Fsp3) is 0.556. The average molecular weight is 335 g/mol. The van der Waals surface area contributed by atoms with Crippen molar-refractivity contribution in [2.75, 3.05) is 38.7 Å². The van der Waals surface area contributed by atoms with Gasteiger partial charge in [0, 0.05) is 0 Å². The first kappa shape index (κ1) is 18.3. The highest BCUT2D eigenvalue weighted by atomic mass is 16.5. The van der Waals surface area contributed by atoms with Gasteiger partial charge in [-0.15, -0.1) is 0 Å². The van der Waals surface area contributed by atoms with E-state index in [2.05, 4.69) is 5.32 Å². The zero-order valence-electron chi connectivity index (χ0n) is 14.5. The molecule has 6 nitrogen and oxygen atoms in total. The van der Waals surface area contributed by atoms with Gasteiger partial charge in [-0.3, -0.25) is 9.59 Å². The van der Waals surface area contributed by atoms with E-state index < -0.39 is 0 Å². The highest BCUT2D eigenvalue weighted by molar-refractivity contribution is 5.92. The van der Waals surface area contributed by atoms with E-state index in [0.29, 0.717) is 24.5 Å². The van der Waals surface area contributed by atoms with Gasteiger partial charge in [-0.1, -0.05) is 12.1 Å². The van der Waals surface area contributed by atoms with Gasteiger partial charge in [-0.05, 0) is 31.9 Å². The summed E-state index contributed by atoms with van der Waals surface area (Å²) in [6, 6.07) is 7.36. The molecule has 0 aliphatic carbocycles. The fourth-order valence-corrected chi connectivity index (χ4v) is 3.09. The molecule has 24 heavy (non-hydrogen) atoms. The highest BCUT2D eigenvalue weighted by Crippen LogP contribution is 2.22. The van der Waals surface area contributed by atoms with Crippen LogP contribution in [0.5, 0.6) is 5.75 Å². The van der Waals surface area contributed by atoms with Crippen LogP contribution in [0.4, 0.5) is 5.69 Å². The summed E-state index contributed by atoms with van der Waals surface area (Å²) in [6.45, 7) is 4.72. The Morgan fingerprint density at radius 1 is 1.33 bits per heavy atom. The SMILES string of the molecule is CCOC(=O)[C@H]1CCC[NH+](CCC(=O)Nc2ccccc2OC)C1. The number of para-hydroxylation sites is 2. The van der Waals surface area contributed by atoms with E-state index in [1.54, 1.807) is 7.11 Å². The average Bonchev–Trinajstić information content (AvgIpc) is 2.61. The second kappa shape index (κ2) is 9.27. The fourth-order valence-electron chi connectivity index (χ4n) is 3.09. The van der Waals surface area contributed by atoms with Crippen molar-refractivity contribution in [2.45, 2.75) is 26.2 Å². The Labute approximate surface area is 143 Å². The molecule has 1 aliphatic heterocycles. The van der Waals surface area contributed by atoms with Crippen LogP contribution in [0.25, 0.3) is 0 Å². The summed E-state index contributed by atoms with van der Waals surface area (Å²) in [5.41, 5.74) is 0.683. The molecule has 0 saturated carbocycles. The summed E-state index contributed by atoms with van der Waals surface area (Å²) in [7, 11) is 1.58. The molecule has 6 heteroatoms. The monoisotopic (exact) mass is 335 g/mol. The first-order valence-electron chi connectivity index (χ1n) is 8.57. The van der Waals surface area contributed by atoms with Gasteiger partial charge in [-0.2, -0.15) is 0 Å². The van der Waals surface area contributed by atoms with E-state index in [1.165, 1.54) is 4.90 Å². The first-order chi connectivity index (χ1) is 11.6. The third-order valence-electron chi connectivity index (χ3n) is 4.32. The normalized spacial score (nSPS) is 20.2. The molecule has 0 spiro atoms. The molecule has 0 aromatic heterocycles. The molecule has 1 amide bonds. The maximum Gasteiger partial charge on any atom is 0.314 e. The third kappa shape index (κ3) is 5.23. The molecule has 1 aliphatic rings. The van der Waals surface area contributed by atoms with E-state index >= 15 is 0 Å². The molecule has 1 fully saturated rings. The Morgan fingerprint density at radius 3 is 2.88 bits per heavy atom. The Kier molecular flexibility index (Phi) is 7.06. The van der Waals surface area contributed by atoms with Gasteiger partial charge in [0.05, 0.1) is 45.5 Å². The number of quaternary nitrogens is 1. The lowest BCUT2D eigenvalue weighted by Gasteiger charge is -2.28. The molecule has 1 aromatic rings. The van der Waals surface area contributed by atoms with E-state index in [0.717, 1.165) is 32.5 Å². The number of likely N-dealkylation sites (tertiary alicyclic amines) is 1. The smallest absolute Gasteiger partial charge is 0.314 e. The van der Waals surface area contributed by atoms with Crippen molar-refractivity contribution >= 4 is 17.6 Å². The van der Waals surface area contributed by atoms with Crippen LogP contribution in [-0.4, -0.2) is 45.2 Å². The van der Waals surface area contributed by atoms with E-state index in [4.69, 9.17) is 9.47 Å². The molecule has 1 aromatic carbocycles. The minimum Gasteiger partial charge on any atom is -0.495 e. The van der Waals surface area contributed by atoms with Crippen LogP contribution in [0.15, 0.2) is 24.3 Å². The lowest BCUT2D eigenvalue weighted by Crippen LogP contribution is -3.13. The van der Waals surface area contributed by atoms with Gasteiger partial charge in [0.15, 0.2) is 0 Å². The molecule has 0 bridgehead atoms. The Bertz CT molecular complexity index is 562. The number of ether oxygens (including phenoxy) is 2. The van der Waals surface area contributed by atoms with E-state index in [-0.39, 0.29) is 17.8 Å². The number of methoxy groups -OCH3 is 1. The first-order valence-corrected chi connectivity index (χ1v) is 8.57. The summed E-state index contributed by atoms with van der Waals surface area (Å²) in [5.74, 6) is 0.475. The van der Waals surface area contributed by atoms with Crippen molar-refractivity contribution in [3.63, 3.8) is 0 Å². The number of hydrogen-bond donors (Lipinski definition) is 2. The minimum atomic E-state index is -0.104. The number of carbonyl (C=O) groups is 2. The van der Waals surface area contributed by atoms with Crippen LogP contribution in [0.1, 0.15) is 26.2 Å². The number of nitrogens with one attached hydrogen (secondary N) is 2. The lowest BCUT2D eigenvalue weighted by molar-refractivity contribution is -0.906. The molecule has 2 N–H and O–H groups in total. The second-order valence-electron chi connectivity index (χ2n) is 6.04. The summed E-state index contributed by atoms with van der Waals surface area (Å²) < 4.78 is 10.3. The Hall–Kier alpha value is -2.08. The van der Waals surface area contributed by atoms with Gasteiger partial charge in [0.25, 0.3) is 0 Å². The van der Waals surface area contributed by atoms with Crippen LogP contribution < -0.4 is 15.0 Å². The standard InChI is InChI=1S/C18H26N2O4/c1-3-24-18(22)14-7-6-11-20(13-14)12-10-17(21)19-15-8-4-5-9-16(15)23-2/h4-5,8-9,14H,3,6-7,10-13H2,1-2H3,(H,19,21)/p+1/t14-/m0/s1. The number of benzene rings is 1. The lowest BCUT2D eigenvalue weighted by atomic mass is 9.98. The van der Waals surface area contributed by atoms with Gasteiger partial charge in [0.1, 0.15) is 11.7 Å². The Balaban J connectivity index is 1.80. The highest BCUT2D eigenvalue weighted by Gasteiger charge is 2.29. The maximum absolute atomic E-state index is 12.2. The summed E-state index contributed by atoms with van der Waals surface area (Å²) in [6.07, 6.45) is 2.30. The Morgan fingerprint density at radius 2 is 2.12 bits per heavy atom. The van der Waals surface area contributed by atoms with Crippen LogP contribution in [0, 0.1) is 5.92 Å². The van der Waals surface area contributed by atoms with Crippen LogP contribution >= 0.6 is 0 Å². The third-order valence-corrected chi connectivity index (χ3v) is 4.32. The summed E-state index contributed by atoms with van der Waals surface area (Å²) >= 11 is 0.